The largest absolute Gasteiger partial charge is 0.355 e. The highest BCUT2D eigenvalue weighted by molar-refractivity contribution is 7.99. The summed E-state index contributed by atoms with van der Waals surface area (Å²) in [7, 11) is 0. The van der Waals surface area contributed by atoms with Gasteiger partial charge in [-0.05, 0) is 57.0 Å². The SMILES string of the molecule is CC(=O)c1c(C)[nH]c(C(=O)CSc2nc3ccccc3c(=O)n2-c2ccc(C)cn2)c1C. The van der Waals surface area contributed by atoms with Gasteiger partial charge in [-0.15, -0.1) is 0 Å². The van der Waals surface area contributed by atoms with Gasteiger partial charge in [0, 0.05) is 17.5 Å². The summed E-state index contributed by atoms with van der Waals surface area (Å²) in [6.07, 6.45) is 1.69. The van der Waals surface area contributed by atoms with E-state index in [-0.39, 0.29) is 22.9 Å². The highest BCUT2D eigenvalue weighted by atomic mass is 32.2. The number of aryl methyl sites for hydroxylation is 2. The molecule has 0 aliphatic heterocycles. The van der Waals surface area contributed by atoms with Crippen molar-refractivity contribution in [3.8, 4) is 5.82 Å². The maximum atomic E-state index is 13.3. The van der Waals surface area contributed by atoms with Crippen LogP contribution in [0.1, 0.15) is 44.6 Å². The van der Waals surface area contributed by atoms with Crippen LogP contribution in [0.15, 0.2) is 52.5 Å². The normalized spacial score (nSPS) is 11.1. The Kier molecular flexibility index (Phi) is 5.80. The van der Waals surface area contributed by atoms with Gasteiger partial charge in [0.2, 0.25) is 0 Å². The number of aromatic amines is 1. The zero-order chi connectivity index (χ0) is 23.0. The Hall–Kier alpha value is -3.52. The molecule has 1 N–H and O–H groups in total. The van der Waals surface area contributed by atoms with E-state index in [1.165, 1.54) is 23.3 Å². The summed E-state index contributed by atoms with van der Waals surface area (Å²) in [4.78, 5) is 50.2. The summed E-state index contributed by atoms with van der Waals surface area (Å²) in [5.74, 6) is 0.237. The van der Waals surface area contributed by atoms with Crippen LogP contribution in [-0.2, 0) is 0 Å². The second-order valence-electron chi connectivity index (χ2n) is 7.64. The summed E-state index contributed by atoms with van der Waals surface area (Å²) in [6, 6.07) is 10.7. The number of fused-ring (bicyclic) bond motifs is 1. The van der Waals surface area contributed by atoms with Crippen LogP contribution >= 0.6 is 11.8 Å². The van der Waals surface area contributed by atoms with E-state index in [2.05, 4.69) is 15.0 Å². The van der Waals surface area contributed by atoms with Crippen molar-refractivity contribution < 1.29 is 9.59 Å². The van der Waals surface area contributed by atoms with Crippen LogP contribution in [0.3, 0.4) is 0 Å². The van der Waals surface area contributed by atoms with Crippen molar-refractivity contribution in [2.24, 2.45) is 0 Å². The molecule has 0 bridgehead atoms. The molecular formula is C24H22N4O3S. The predicted octanol–water partition coefficient (Wildman–Crippen LogP) is 4.21. The minimum atomic E-state index is -0.243. The Labute approximate surface area is 188 Å². The van der Waals surface area contributed by atoms with Gasteiger partial charge < -0.3 is 4.98 Å². The van der Waals surface area contributed by atoms with Gasteiger partial charge in [0.25, 0.3) is 5.56 Å². The average molecular weight is 447 g/mol. The molecular weight excluding hydrogens is 424 g/mol. The Morgan fingerprint density at radius 3 is 2.50 bits per heavy atom. The summed E-state index contributed by atoms with van der Waals surface area (Å²) in [5.41, 5.74) is 3.55. The fraction of sp³-hybridized carbons (Fsp3) is 0.208. The molecule has 0 aliphatic rings. The molecule has 162 valence electrons. The Morgan fingerprint density at radius 1 is 1.09 bits per heavy atom. The van der Waals surface area contributed by atoms with E-state index in [9.17, 15) is 14.4 Å². The Balaban J connectivity index is 1.74. The molecule has 3 heterocycles. The van der Waals surface area contributed by atoms with Gasteiger partial charge in [-0.25, -0.2) is 14.5 Å². The highest BCUT2D eigenvalue weighted by Crippen LogP contribution is 2.24. The van der Waals surface area contributed by atoms with Crippen molar-refractivity contribution in [2.45, 2.75) is 32.9 Å². The Bertz CT molecular complexity index is 1420. The first-order valence-corrected chi connectivity index (χ1v) is 11.1. The molecule has 0 saturated carbocycles. The molecule has 1 aromatic carbocycles. The lowest BCUT2D eigenvalue weighted by atomic mass is 10.1. The van der Waals surface area contributed by atoms with E-state index in [0.29, 0.717) is 44.4 Å². The first kappa shape index (κ1) is 21.7. The van der Waals surface area contributed by atoms with E-state index in [4.69, 9.17) is 0 Å². The number of carbonyl (C=O) groups excluding carboxylic acids is 2. The van der Waals surface area contributed by atoms with Crippen LogP contribution in [0.5, 0.6) is 0 Å². The topological polar surface area (TPSA) is 97.7 Å². The lowest BCUT2D eigenvalue weighted by molar-refractivity contribution is 0.101. The van der Waals surface area contributed by atoms with E-state index >= 15 is 0 Å². The number of thioether (sulfide) groups is 1. The minimum Gasteiger partial charge on any atom is -0.355 e. The number of hydrogen-bond donors (Lipinski definition) is 1. The van der Waals surface area contributed by atoms with E-state index in [1.807, 2.05) is 19.1 Å². The fourth-order valence-corrected chi connectivity index (χ4v) is 4.64. The number of Topliss-reactive ketones (excluding diaryl/α,β-unsaturated/α-hetero) is 2. The summed E-state index contributed by atoms with van der Waals surface area (Å²) >= 11 is 1.17. The van der Waals surface area contributed by atoms with Gasteiger partial charge in [-0.3, -0.25) is 14.4 Å². The molecule has 0 saturated heterocycles. The van der Waals surface area contributed by atoms with Gasteiger partial charge in [-0.1, -0.05) is 30.0 Å². The predicted molar refractivity (Wildman–Crippen MR) is 125 cm³/mol. The molecule has 0 aliphatic carbocycles. The fourth-order valence-electron chi connectivity index (χ4n) is 3.76. The number of aromatic nitrogens is 4. The van der Waals surface area contributed by atoms with Gasteiger partial charge in [0.05, 0.1) is 22.3 Å². The van der Waals surface area contributed by atoms with E-state index < -0.39 is 0 Å². The van der Waals surface area contributed by atoms with Gasteiger partial charge >= 0.3 is 0 Å². The molecule has 4 aromatic rings. The van der Waals surface area contributed by atoms with Gasteiger partial charge in [-0.2, -0.15) is 0 Å². The second kappa shape index (κ2) is 8.55. The maximum absolute atomic E-state index is 13.3. The highest BCUT2D eigenvalue weighted by Gasteiger charge is 2.21. The van der Waals surface area contributed by atoms with Crippen molar-refractivity contribution in [2.75, 3.05) is 5.75 Å². The number of nitrogens with one attached hydrogen (secondary N) is 1. The number of H-pyrrole nitrogens is 1. The van der Waals surface area contributed by atoms with Gasteiger partial charge in [0.15, 0.2) is 16.7 Å². The molecule has 0 amide bonds. The van der Waals surface area contributed by atoms with Crippen molar-refractivity contribution in [1.82, 2.24) is 19.5 Å². The number of para-hydroxylation sites is 1. The van der Waals surface area contributed by atoms with Crippen LogP contribution in [-0.4, -0.2) is 36.8 Å². The Morgan fingerprint density at radius 2 is 1.84 bits per heavy atom. The van der Waals surface area contributed by atoms with Crippen LogP contribution in [0, 0.1) is 20.8 Å². The molecule has 7 nitrogen and oxygen atoms in total. The number of pyridine rings is 1. The third kappa shape index (κ3) is 3.89. The van der Waals surface area contributed by atoms with Crippen LogP contribution in [0.2, 0.25) is 0 Å². The minimum absolute atomic E-state index is 0.0504. The number of rotatable bonds is 6. The van der Waals surface area contributed by atoms with Crippen molar-refractivity contribution in [3.63, 3.8) is 0 Å². The molecule has 0 unspecified atom stereocenters. The number of hydrogen-bond acceptors (Lipinski definition) is 6. The van der Waals surface area contributed by atoms with Crippen molar-refractivity contribution in [3.05, 3.63) is 81.0 Å². The van der Waals surface area contributed by atoms with Crippen LogP contribution in [0.25, 0.3) is 16.7 Å². The molecule has 0 fully saturated rings. The maximum Gasteiger partial charge on any atom is 0.267 e. The first-order valence-electron chi connectivity index (χ1n) is 10.1. The average Bonchev–Trinajstić information content (AvgIpc) is 3.07. The second-order valence-corrected chi connectivity index (χ2v) is 8.58. The summed E-state index contributed by atoms with van der Waals surface area (Å²) in [6.45, 7) is 6.94. The quantitative estimate of drug-likeness (QED) is 0.271. The van der Waals surface area contributed by atoms with E-state index in [0.717, 1.165) is 5.56 Å². The van der Waals surface area contributed by atoms with Gasteiger partial charge in [0.1, 0.15) is 5.82 Å². The third-order valence-corrected chi connectivity index (χ3v) is 6.21. The van der Waals surface area contributed by atoms with Crippen molar-refractivity contribution in [1.29, 1.82) is 0 Å². The zero-order valence-electron chi connectivity index (χ0n) is 18.2. The molecule has 32 heavy (non-hydrogen) atoms. The third-order valence-electron chi connectivity index (χ3n) is 5.27. The number of ketones is 2. The summed E-state index contributed by atoms with van der Waals surface area (Å²) in [5, 5.41) is 0.860. The van der Waals surface area contributed by atoms with E-state index in [1.54, 1.807) is 44.3 Å². The molecule has 4 rings (SSSR count). The molecule has 0 spiro atoms. The molecule has 3 aromatic heterocycles. The standard InChI is InChI=1S/C24H22N4O3S/c1-13-9-10-20(25-11-13)28-23(31)17-7-5-6-8-18(17)27-24(28)32-12-19(30)22-14(2)21(16(4)29)15(3)26-22/h5-11,26H,12H2,1-4H3. The molecule has 0 atom stereocenters. The number of benzene rings is 1. The lowest BCUT2D eigenvalue weighted by Crippen LogP contribution is -2.23. The zero-order valence-corrected chi connectivity index (χ0v) is 19.0. The number of carbonyl (C=O) groups is 2. The smallest absolute Gasteiger partial charge is 0.267 e. The van der Waals surface area contributed by atoms with Crippen molar-refractivity contribution >= 4 is 34.2 Å². The lowest BCUT2D eigenvalue weighted by Gasteiger charge is -2.12. The summed E-state index contributed by atoms with van der Waals surface area (Å²) < 4.78 is 1.44. The monoisotopic (exact) mass is 446 g/mol. The molecule has 8 heteroatoms. The van der Waals surface area contributed by atoms with Crippen LogP contribution < -0.4 is 5.56 Å². The van der Waals surface area contributed by atoms with Crippen LogP contribution in [0.4, 0.5) is 0 Å². The molecule has 0 radical (unpaired) electrons. The first-order chi connectivity index (χ1) is 15.3. The number of nitrogens with zero attached hydrogens (tertiary/aromatic N) is 3.